The zero-order valence-electron chi connectivity index (χ0n) is 7.30. The number of aliphatic hydroxyl groups excluding tert-OH is 1. The molecule has 0 aromatic rings. The third-order valence-electron chi connectivity index (χ3n) is 3.72. The Balaban J connectivity index is 2.20. The van der Waals surface area contributed by atoms with Crippen LogP contribution in [-0.4, -0.2) is 11.2 Å². The average molecular weight is 152 g/mol. The second kappa shape index (κ2) is 1.89. The summed E-state index contributed by atoms with van der Waals surface area (Å²) in [6.07, 6.45) is 2.05. The topological polar surface area (TPSA) is 20.2 Å². The maximum atomic E-state index is 9.51. The molecule has 2 aliphatic carbocycles. The largest absolute Gasteiger partial charge is 0.389 e. The molecule has 0 saturated heterocycles. The number of hydrogen-bond donors (Lipinski definition) is 1. The Bertz CT molecular complexity index is 207. The van der Waals surface area contributed by atoms with Gasteiger partial charge in [0.15, 0.2) is 0 Å². The quantitative estimate of drug-likeness (QED) is 0.569. The van der Waals surface area contributed by atoms with Crippen LogP contribution in [0.2, 0.25) is 0 Å². The molecule has 2 aliphatic rings. The normalized spacial score (nSPS) is 48.2. The van der Waals surface area contributed by atoms with Gasteiger partial charge in [0.2, 0.25) is 0 Å². The number of fused-ring (bicyclic) bond motifs is 1. The molecule has 2 fully saturated rings. The van der Waals surface area contributed by atoms with Crippen molar-refractivity contribution in [3.63, 3.8) is 0 Å². The summed E-state index contributed by atoms with van der Waals surface area (Å²) in [6.45, 7) is 8.45. The van der Waals surface area contributed by atoms with Crippen LogP contribution in [-0.2, 0) is 0 Å². The molecule has 2 saturated carbocycles. The van der Waals surface area contributed by atoms with Crippen LogP contribution in [0.5, 0.6) is 0 Å². The highest BCUT2D eigenvalue weighted by Gasteiger charge is 2.63. The molecule has 0 radical (unpaired) electrons. The molecule has 0 heterocycles. The zero-order chi connectivity index (χ0) is 8.22. The van der Waals surface area contributed by atoms with Crippen molar-refractivity contribution in [2.24, 2.45) is 17.3 Å². The third-order valence-corrected chi connectivity index (χ3v) is 3.72. The van der Waals surface area contributed by atoms with Gasteiger partial charge >= 0.3 is 0 Å². The number of rotatable bonds is 1. The Labute approximate surface area is 68.1 Å². The molecule has 0 amide bonds. The van der Waals surface area contributed by atoms with E-state index in [9.17, 15) is 5.11 Å². The van der Waals surface area contributed by atoms with Crippen LogP contribution in [0.3, 0.4) is 0 Å². The second-order valence-corrected chi connectivity index (χ2v) is 4.44. The molecule has 11 heavy (non-hydrogen) atoms. The molecule has 0 bridgehead atoms. The van der Waals surface area contributed by atoms with E-state index in [1.807, 2.05) is 0 Å². The maximum absolute atomic E-state index is 9.51. The SMILES string of the molecule is C=C1[C@H](O)C[C@@]2(C(C)C)C[C@@H]12. The lowest BCUT2D eigenvalue weighted by Crippen LogP contribution is -2.12. The highest BCUT2D eigenvalue weighted by atomic mass is 16.3. The molecule has 0 spiro atoms. The minimum absolute atomic E-state index is 0.198. The van der Waals surface area contributed by atoms with E-state index in [2.05, 4.69) is 20.4 Å². The Kier molecular flexibility index (Phi) is 1.26. The van der Waals surface area contributed by atoms with E-state index in [4.69, 9.17) is 0 Å². The lowest BCUT2D eigenvalue weighted by Gasteiger charge is -2.16. The molecule has 2 rings (SSSR count). The van der Waals surface area contributed by atoms with Crippen molar-refractivity contribution >= 4 is 0 Å². The van der Waals surface area contributed by atoms with Crippen LogP contribution in [0, 0.1) is 17.3 Å². The molecule has 0 aromatic carbocycles. The van der Waals surface area contributed by atoms with Crippen LogP contribution in [0.15, 0.2) is 12.2 Å². The smallest absolute Gasteiger partial charge is 0.0756 e. The lowest BCUT2D eigenvalue weighted by molar-refractivity contribution is 0.176. The van der Waals surface area contributed by atoms with Crippen LogP contribution < -0.4 is 0 Å². The molecular weight excluding hydrogens is 136 g/mol. The van der Waals surface area contributed by atoms with Gasteiger partial charge in [0.05, 0.1) is 6.10 Å². The number of aliphatic hydroxyl groups is 1. The predicted octanol–water partition coefficient (Wildman–Crippen LogP) is 1.97. The average Bonchev–Trinajstić information content (AvgIpc) is 2.57. The van der Waals surface area contributed by atoms with Gasteiger partial charge in [0, 0.05) is 0 Å². The molecule has 3 atom stereocenters. The van der Waals surface area contributed by atoms with E-state index < -0.39 is 0 Å². The van der Waals surface area contributed by atoms with Crippen molar-refractivity contribution < 1.29 is 5.11 Å². The lowest BCUT2D eigenvalue weighted by atomic mass is 9.89. The first-order valence-electron chi connectivity index (χ1n) is 4.44. The minimum Gasteiger partial charge on any atom is -0.389 e. The highest BCUT2D eigenvalue weighted by molar-refractivity contribution is 5.30. The predicted molar refractivity (Wildman–Crippen MR) is 45.1 cm³/mol. The van der Waals surface area contributed by atoms with Crippen molar-refractivity contribution in [3.8, 4) is 0 Å². The molecule has 0 aliphatic heterocycles. The summed E-state index contributed by atoms with van der Waals surface area (Å²) >= 11 is 0. The first-order valence-corrected chi connectivity index (χ1v) is 4.44. The van der Waals surface area contributed by atoms with Crippen LogP contribution in [0.4, 0.5) is 0 Å². The Morgan fingerprint density at radius 1 is 1.55 bits per heavy atom. The zero-order valence-corrected chi connectivity index (χ0v) is 7.30. The van der Waals surface area contributed by atoms with Gasteiger partial charge in [-0.25, -0.2) is 0 Å². The summed E-state index contributed by atoms with van der Waals surface area (Å²) in [4.78, 5) is 0. The van der Waals surface area contributed by atoms with Crippen molar-refractivity contribution in [1.29, 1.82) is 0 Å². The van der Waals surface area contributed by atoms with Gasteiger partial charge < -0.3 is 5.11 Å². The molecule has 1 nitrogen and oxygen atoms in total. The highest BCUT2D eigenvalue weighted by Crippen LogP contribution is 2.69. The molecule has 0 aromatic heterocycles. The van der Waals surface area contributed by atoms with Gasteiger partial charge in [0.1, 0.15) is 0 Å². The van der Waals surface area contributed by atoms with Crippen LogP contribution >= 0.6 is 0 Å². The molecule has 0 unspecified atom stereocenters. The standard InChI is InChI=1S/C10H16O/c1-6(2)10-4-8(10)7(3)9(11)5-10/h6,8-9,11H,3-5H2,1-2H3/t8-,9+,10+/m0/s1. The fourth-order valence-electron chi connectivity index (χ4n) is 2.64. The van der Waals surface area contributed by atoms with Crippen molar-refractivity contribution in [1.82, 2.24) is 0 Å². The van der Waals surface area contributed by atoms with E-state index in [1.54, 1.807) is 0 Å². The summed E-state index contributed by atoms with van der Waals surface area (Å²) in [5.41, 5.74) is 1.55. The first kappa shape index (κ1) is 7.35. The van der Waals surface area contributed by atoms with E-state index >= 15 is 0 Å². The fraction of sp³-hybridized carbons (Fsp3) is 0.800. The summed E-state index contributed by atoms with van der Waals surface area (Å²) in [5, 5.41) is 9.51. The summed E-state index contributed by atoms with van der Waals surface area (Å²) < 4.78 is 0. The van der Waals surface area contributed by atoms with Gasteiger partial charge in [-0.1, -0.05) is 20.4 Å². The second-order valence-electron chi connectivity index (χ2n) is 4.44. The Morgan fingerprint density at radius 2 is 2.18 bits per heavy atom. The van der Waals surface area contributed by atoms with Gasteiger partial charge in [-0.3, -0.25) is 0 Å². The van der Waals surface area contributed by atoms with Gasteiger partial charge in [-0.15, -0.1) is 0 Å². The van der Waals surface area contributed by atoms with E-state index in [1.165, 1.54) is 6.42 Å². The molecule has 62 valence electrons. The molecule has 1 heteroatoms. The van der Waals surface area contributed by atoms with E-state index in [0.29, 0.717) is 17.3 Å². The minimum atomic E-state index is -0.198. The van der Waals surface area contributed by atoms with Crippen molar-refractivity contribution in [3.05, 3.63) is 12.2 Å². The van der Waals surface area contributed by atoms with Crippen LogP contribution in [0.25, 0.3) is 0 Å². The van der Waals surface area contributed by atoms with Crippen molar-refractivity contribution in [2.45, 2.75) is 32.8 Å². The third kappa shape index (κ3) is 0.750. The summed E-state index contributed by atoms with van der Waals surface area (Å²) in [6, 6.07) is 0. The fourth-order valence-corrected chi connectivity index (χ4v) is 2.64. The molecule has 1 N–H and O–H groups in total. The van der Waals surface area contributed by atoms with E-state index in [-0.39, 0.29) is 6.10 Å². The first-order chi connectivity index (χ1) is 5.08. The Hall–Kier alpha value is -0.300. The monoisotopic (exact) mass is 152 g/mol. The van der Waals surface area contributed by atoms with E-state index in [0.717, 1.165) is 12.0 Å². The van der Waals surface area contributed by atoms with Gasteiger partial charge in [-0.2, -0.15) is 0 Å². The van der Waals surface area contributed by atoms with Gasteiger partial charge in [-0.05, 0) is 35.7 Å². The van der Waals surface area contributed by atoms with Crippen LogP contribution in [0.1, 0.15) is 26.7 Å². The van der Waals surface area contributed by atoms with Crippen molar-refractivity contribution in [2.75, 3.05) is 0 Å². The van der Waals surface area contributed by atoms with Gasteiger partial charge in [0.25, 0.3) is 0 Å². The number of hydrogen-bond acceptors (Lipinski definition) is 1. The maximum Gasteiger partial charge on any atom is 0.0756 e. The summed E-state index contributed by atoms with van der Waals surface area (Å²) in [7, 11) is 0. The molecular formula is C10H16O. The Morgan fingerprint density at radius 3 is 2.45 bits per heavy atom. The summed E-state index contributed by atoms with van der Waals surface area (Å²) in [5.74, 6) is 1.36.